The number of amides is 1. The van der Waals surface area contributed by atoms with Gasteiger partial charge in [-0.15, -0.1) is 0 Å². The predicted molar refractivity (Wildman–Crippen MR) is 119 cm³/mol. The third-order valence-corrected chi connectivity index (χ3v) is 6.33. The van der Waals surface area contributed by atoms with Gasteiger partial charge < -0.3 is 15.1 Å². The van der Waals surface area contributed by atoms with E-state index < -0.39 is 11.7 Å². The van der Waals surface area contributed by atoms with Gasteiger partial charge in [0, 0.05) is 43.9 Å². The second-order valence-corrected chi connectivity index (χ2v) is 8.73. The smallest absolute Gasteiger partial charge is 0.354 e. The average molecular weight is 474 g/mol. The van der Waals surface area contributed by atoms with Crippen LogP contribution in [0.4, 0.5) is 30.8 Å². The Hall–Kier alpha value is -3.42. The van der Waals surface area contributed by atoms with E-state index >= 15 is 0 Å². The van der Waals surface area contributed by atoms with Gasteiger partial charge in [-0.05, 0) is 44.7 Å². The zero-order valence-electron chi connectivity index (χ0n) is 18.8. The Labute approximate surface area is 195 Å². The number of anilines is 3. The second-order valence-electron chi connectivity index (χ2n) is 8.73. The molecule has 0 aromatic carbocycles. The maximum atomic E-state index is 13.1. The summed E-state index contributed by atoms with van der Waals surface area (Å²) < 4.78 is 39.4. The van der Waals surface area contributed by atoms with E-state index in [4.69, 9.17) is 5.26 Å². The Balaban J connectivity index is 1.65. The fourth-order valence-electron chi connectivity index (χ4n) is 4.55. The van der Waals surface area contributed by atoms with Crippen molar-refractivity contribution in [2.24, 2.45) is 0 Å². The van der Waals surface area contributed by atoms with Crippen LogP contribution in [-0.4, -0.2) is 51.4 Å². The lowest BCUT2D eigenvalue weighted by Crippen LogP contribution is -2.39. The summed E-state index contributed by atoms with van der Waals surface area (Å²) in [5, 5.41) is 11.7. The molecule has 1 amide bonds. The minimum absolute atomic E-state index is 0.00173. The van der Waals surface area contributed by atoms with Gasteiger partial charge in [-0.3, -0.25) is 4.79 Å². The molecule has 2 fully saturated rings. The topological polar surface area (TPSA) is 98.0 Å². The van der Waals surface area contributed by atoms with Crippen LogP contribution in [0.15, 0.2) is 24.4 Å². The molecule has 0 bridgehead atoms. The zero-order valence-corrected chi connectivity index (χ0v) is 18.8. The fourth-order valence-corrected chi connectivity index (χ4v) is 4.55. The summed E-state index contributed by atoms with van der Waals surface area (Å²) in [6.45, 7) is 3.97. The van der Waals surface area contributed by atoms with Gasteiger partial charge in [0.05, 0.1) is 17.3 Å². The molecule has 2 unspecified atom stereocenters. The van der Waals surface area contributed by atoms with E-state index in [1.165, 1.54) is 0 Å². The molecule has 1 N–H and O–H groups in total. The monoisotopic (exact) mass is 473 g/mol. The first kappa shape index (κ1) is 23.7. The van der Waals surface area contributed by atoms with Gasteiger partial charge in [0.2, 0.25) is 11.9 Å². The predicted octanol–water partition coefficient (Wildman–Crippen LogP) is 4.24. The van der Waals surface area contributed by atoms with E-state index in [1.807, 2.05) is 12.1 Å². The van der Waals surface area contributed by atoms with Gasteiger partial charge in [0.1, 0.15) is 18.1 Å². The number of nitrogens with one attached hydrogen (secondary N) is 1. The third kappa shape index (κ3) is 5.38. The molecule has 2 aliphatic rings. The molecule has 4 heterocycles. The fraction of sp³-hybridized carbons (Fsp3) is 0.522. The van der Waals surface area contributed by atoms with E-state index in [-0.39, 0.29) is 36.1 Å². The van der Waals surface area contributed by atoms with Crippen molar-refractivity contribution in [3.63, 3.8) is 0 Å². The molecule has 2 aromatic heterocycles. The van der Waals surface area contributed by atoms with Gasteiger partial charge in [-0.2, -0.15) is 23.4 Å². The minimum atomic E-state index is -4.49. The van der Waals surface area contributed by atoms with Gasteiger partial charge in [-0.1, -0.05) is 0 Å². The van der Waals surface area contributed by atoms with E-state index in [1.54, 1.807) is 4.90 Å². The third-order valence-electron chi connectivity index (χ3n) is 6.33. The summed E-state index contributed by atoms with van der Waals surface area (Å²) in [6.07, 6.45) is 0.0807. The number of pyridine rings is 1. The minimum Gasteiger partial charge on any atom is -0.354 e. The van der Waals surface area contributed by atoms with Crippen molar-refractivity contribution in [3.05, 3.63) is 35.7 Å². The van der Waals surface area contributed by atoms with Crippen molar-refractivity contribution < 1.29 is 18.0 Å². The molecule has 0 aliphatic carbocycles. The number of hydrogen-bond donors (Lipinski definition) is 1. The number of rotatable bonds is 5. The van der Waals surface area contributed by atoms with Gasteiger partial charge >= 0.3 is 6.18 Å². The Morgan fingerprint density at radius 3 is 2.74 bits per heavy atom. The van der Waals surface area contributed by atoms with Crippen molar-refractivity contribution in [1.82, 2.24) is 19.9 Å². The largest absolute Gasteiger partial charge is 0.416 e. The number of piperidine rings is 1. The Kier molecular flexibility index (Phi) is 6.86. The van der Waals surface area contributed by atoms with Crippen LogP contribution in [-0.2, 0) is 11.0 Å². The summed E-state index contributed by atoms with van der Waals surface area (Å²) in [6, 6.07) is 5.93. The molecule has 34 heavy (non-hydrogen) atoms. The van der Waals surface area contributed by atoms with Crippen molar-refractivity contribution in [2.75, 3.05) is 29.9 Å². The summed E-state index contributed by atoms with van der Waals surface area (Å²) in [7, 11) is 0. The highest BCUT2D eigenvalue weighted by atomic mass is 19.4. The molecule has 0 saturated carbocycles. The van der Waals surface area contributed by atoms with Crippen LogP contribution in [0.25, 0.3) is 0 Å². The van der Waals surface area contributed by atoms with Crippen molar-refractivity contribution in [2.45, 2.75) is 57.2 Å². The number of alkyl halides is 3. The number of hydrogen-bond acceptors (Lipinski definition) is 7. The molecule has 8 nitrogen and oxygen atoms in total. The molecule has 0 radical (unpaired) electrons. The first-order valence-electron chi connectivity index (χ1n) is 11.3. The molecule has 2 aromatic rings. The van der Waals surface area contributed by atoms with Crippen LogP contribution in [0, 0.1) is 11.3 Å². The maximum Gasteiger partial charge on any atom is 0.416 e. The number of nitriles is 1. The number of carbonyl (C=O) groups is 1. The molecule has 0 spiro atoms. The van der Waals surface area contributed by atoms with Crippen LogP contribution in [0.2, 0.25) is 0 Å². The molecule has 180 valence electrons. The molecule has 2 saturated heterocycles. The molecular weight excluding hydrogens is 447 g/mol. The summed E-state index contributed by atoms with van der Waals surface area (Å²) in [5.41, 5.74) is -0.0958. The lowest BCUT2D eigenvalue weighted by molar-refractivity contribution is -0.137. The standard InChI is InChI=1S/C23H26F3N7O/c1-15-4-2-11-33(15)20-13-18(16-5-3-10-32(14-16)21(34)6-8-27)29-22(31-20)30-19-12-17(7-9-28-19)23(24,25)26/h7,9,12-13,15-16H,2-6,10-11,14H2,1H3,(H,28,29,30,31). The molecule has 4 rings (SSSR count). The van der Waals surface area contributed by atoms with Gasteiger partial charge in [0.15, 0.2) is 0 Å². The van der Waals surface area contributed by atoms with Crippen LogP contribution in [0.3, 0.4) is 0 Å². The first-order chi connectivity index (χ1) is 16.2. The summed E-state index contributed by atoms with van der Waals surface area (Å²) in [4.78, 5) is 29.3. The molecular formula is C23H26F3N7O. The van der Waals surface area contributed by atoms with Crippen molar-refractivity contribution in [3.8, 4) is 6.07 Å². The zero-order chi connectivity index (χ0) is 24.3. The van der Waals surface area contributed by atoms with Crippen LogP contribution in [0.5, 0.6) is 0 Å². The number of carbonyl (C=O) groups excluding carboxylic acids is 1. The van der Waals surface area contributed by atoms with Crippen LogP contribution >= 0.6 is 0 Å². The Morgan fingerprint density at radius 2 is 2.03 bits per heavy atom. The number of likely N-dealkylation sites (tertiary alicyclic amines) is 1. The second kappa shape index (κ2) is 9.83. The average Bonchev–Trinajstić information content (AvgIpc) is 3.24. The van der Waals surface area contributed by atoms with Crippen molar-refractivity contribution >= 4 is 23.5 Å². The highest BCUT2D eigenvalue weighted by molar-refractivity contribution is 5.78. The molecule has 2 aliphatic heterocycles. The lowest BCUT2D eigenvalue weighted by Gasteiger charge is -2.33. The van der Waals surface area contributed by atoms with E-state index in [2.05, 4.69) is 32.1 Å². The van der Waals surface area contributed by atoms with E-state index in [0.717, 1.165) is 50.6 Å². The number of halogens is 3. The lowest BCUT2D eigenvalue weighted by atomic mass is 9.94. The maximum absolute atomic E-state index is 13.1. The van der Waals surface area contributed by atoms with Crippen molar-refractivity contribution in [1.29, 1.82) is 5.26 Å². The highest BCUT2D eigenvalue weighted by Gasteiger charge is 2.31. The van der Waals surface area contributed by atoms with Crippen LogP contribution < -0.4 is 10.2 Å². The number of aromatic nitrogens is 3. The van der Waals surface area contributed by atoms with E-state index in [9.17, 15) is 18.0 Å². The molecule has 2 atom stereocenters. The summed E-state index contributed by atoms with van der Waals surface area (Å²) in [5.74, 6) is 0.595. The summed E-state index contributed by atoms with van der Waals surface area (Å²) >= 11 is 0. The van der Waals surface area contributed by atoms with Gasteiger partial charge in [-0.25, -0.2) is 9.97 Å². The van der Waals surface area contributed by atoms with Crippen LogP contribution in [0.1, 0.15) is 56.2 Å². The first-order valence-corrected chi connectivity index (χ1v) is 11.3. The number of nitrogens with zero attached hydrogens (tertiary/aromatic N) is 6. The quantitative estimate of drug-likeness (QED) is 0.694. The normalized spacial score (nSPS) is 20.8. The Bertz CT molecular complexity index is 1080. The molecule has 11 heteroatoms. The SMILES string of the molecule is CC1CCCN1c1cc(C2CCCN(C(=O)CC#N)C2)nc(Nc2cc(C(F)(F)F)ccn2)n1. The van der Waals surface area contributed by atoms with Gasteiger partial charge in [0.25, 0.3) is 0 Å². The Morgan fingerprint density at radius 1 is 1.24 bits per heavy atom. The highest BCUT2D eigenvalue weighted by Crippen LogP contribution is 2.33. The van der Waals surface area contributed by atoms with E-state index in [0.29, 0.717) is 24.6 Å².